The van der Waals surface area contributed by atoms with Gasteiger partial charge in [-0.15, -0.1) is 11.3 Å². The van der Waals surface area contributed by atoms with Gasteiger partial charge in [-0.25, -0.2) is 4.79 Å². The van der Waals surface area contributed by atoms with Crippen molar-refractivity contribution in [2.75, 3.05) is 6.61 Å². The Kier molecular flexibility index (Phi) is 4.99. The number of nitrogens with zero attached hydrogens (tertiary/aromatic N) is 1. The van der Waals surface area contributed by atoms with E-state index in [-0.39, 0.29) is 23.6 Å². The second kappa shape index (κ2) is 7.01. The Morgan fingerprint density at radius 3 is 2.75 bits per heavy atom. The molecule has 1 fully saturated rings. The van der Waals surface area contributed by atoms with Crippen LogP contribution >= 0.6 is 11.3 Å². The number of carbonyl (C=O) groups excluding carboxylic acids is 2. The molecule has 0 radical (unpaired) electrons. The third kappa shape index (κ3) is 2.97. The Hall–Kier alpha value is -1.75. The molecule has 2 atom stereocenters. The van der Waals surface area contributed by atoms with Crippen LogP contribution in [0.2, 0.25) is 0 Å². The maximum absolute atomic E-state index is 12.7. The molecule has 0 N–H and O–H groups in total. The normalized spacial score (nSPS) is 23.8. The molecule has 2 aliphatic rings. The predicted molar refractivity (Wildman–Crippen MR) is 95.6 cm³/mol. The molecule has 128 valence electrons. The minimum Gasteiger partial charge on any atom is -0.463 e. The predicted octanol–water partition coefficient (Wildman–Crippen LogP) is 4.06. The summed E-state index contributed by atoms with van der Waals surface area (Å²) in [4.78, 5) is 32.2. The van der Waals surface area contributed by atoms with E-state index in [2.05, 4.69) is 24.0 Å². The Balaban J connectivity index is 2.12. The molecule has 5 heteroatoms. The molecule has 1 saturated carbocycles. The summed E-state index contributed by atoms with van der Waals surface area (Å²) < 4.78 is 5.28. The number of fused-ring (bicyclic) bond motifs is 1. The van der Waals surface area contributed by atoms with E-state index in [1.807, 2.05) is 6.92 Å². The second-order valence-corrected chi connectivity index (χ2v) is 7.46. The first kappa shape index (κ1) is 17.1. The van der Waals surface area contributed by atoms with E-state index >= 15 is 0 Å². The van der Waals surface area contributed by atoms with Crippen LogP contribution in [0.3, 0.4) is 0 Å². The second-order valence-electron chi connectivity index (χ2n) is 6.26. The smallest absolute Gasteiger partial charge is 0.336 e. The summed E-state index contributed by atoms with van der Waals surface area (Å²) in [7, 11) is 0. The van der Waals surface area contributed by atoms with E-state index in [0.29, 0.717) is 24.3 Å². The number of aryl methyl sites for hydroxylation is 1. The molecular weight excluding hydrogens is 322 g/mol. The topological polar surface area (TPSA) is 55.7 Å². The van der Waals surface area contributed by atoms with Crippen LogP contribution in [0.4, 0.5) is 0 Å². The minimum atomic E-state index is -0.340. The molecule has 0 spiro atoms. The van der Waals surface area contributed by atoms with Crippen molar-refractivity contribution in [1.29, 1.82) is 0 Å². The summed E-state index contributed by atoms with van der Waals surface area (Å²) in [5.41, 5.74) is 2.20. The Morgan fingerprint density at radius 1 is 1.29 bits per heavy atom. The highest BCUT2D eigenvalue weighted by molar-refractivity contribution is 7.12. The summed E-state index contributed by atoms with van der Waals surface area (Å²) in [5.74, 6) is -0.682. The van der Waals surface area contributed by atoms with Crippen LogP contribution in [0, 0.1) is 5.92 Å². The third-order valence-electron chi connectivity index (χ3n) is 4.74. The van der Waals surface area contributed by atoms with Crippen molar-refractivity contribution in [3.8, 4) is 0 Å². The van der Waals surface area contributed by atoms with Crippen molar-refractivity contribution in [3.05, 3.63) is 33.2 Å². The summed E-state index contributed by atoms with van der Waals surface area (Å²) in [5, 5.41) is 0. The summed E-state index contributed by atoms with van der Waals surface area (Å²) in [6, 6.07) is 4.16. The van der Waals surface area contributed by atoms with Gasteiger partial charge in [0.15, 0.2) is 0 Å². The standard InChI is InChI=1S/C19H23NO3S/c1-4-12-9-10-15(24-12)18-16(19(22)23-5-2)11(3)20-13-7-6-8-14(21)17(13)18/h9-10,17-18H,4-8H2,1-3H3/t17?,18-/m1/s1. The molecule has 1 aliphatic heterocycles. The average molecular weight is 345 g/mol. The van der Waals surface area contributed by atoms with Gasteiger partial charge >= 0.3 is 5.97 Å². The SMILES string of the molecule is CCOC(=O)C1=C(C)N=C2CCCC(=O)C2[C@@H]1c1ccc(CC)s1. The zero-order valence-corrected chi connectivity index (χ0v) is 15.2. The van der Waals surface area contributed by atoms with Gasteiger partial charge in [0, 0.05) is 33.5 Å². The molecule has 1 aromatic heterocycles. The van der Waals surface area contributed by atoms with Crippen molar-refractivity contribution >= 4 is 28.8 Å². The number of ketones is 1. The van der Waals surface area contributed by atoms with Crippen molar-refractivity contribution in [2.24, 2.45) is 10.9 Å². The zero-order valence-electron chi connectivity index (χ0n) is 14.4. The molecule has 1 unspecified atom stereocenters. The van der Waals surface area contributed by atoms with E-state index < -0.39 is 0 Å². The van der Waals surface area contributed by atoms with Gasteiger partial charge in [-0.3, -0.25) is 9.79 Å². The first-order valence-corrected chi connectivity index (χ1v) is 9.45. The highest BCUT2D eigenvalue weighted by Crippen LogP contribution is 2.45. The number of aliphatic imine (C=N–C) groups is 1. The molecule has 24 heavy (non-hydrogen) atoms. The van der Waals surface area contributed by atoms with Crippen molar-refractivity contribution in [3.63, 3.8) is 0 Å². The van der Waals surface area contributed by atoms with Crippen LogP contribution in [-0.4, -0.2) is 24.1 Å². The first-order valence-electron chi connectivity index (χ1n) is 8.63. The largest absolute Gasteiger partial charge is 0.463 e. The maximum Gasteiger partial charge on any atom is 0.336 e. The number of hydrogen-bond donors (Lipinski definition) is 0. The lowest BCUT2D eigenvalue weighted by atomic mass is 9.71. The minimum absolute atomic E-state index is 0.200. The number of carbonyl (C=O) groups is 2. The van der Waals surface area contributed by atoms with Gasteiger partial charge < -0.3 is 4.74 Å². The monoisotopic (exact) mass is 345 g/mol. The Bertz CT molecular complexity index is 729. The van der Waals surface area contributed by atoms with Gasteiger partial charge in [0.05, 0.1) is 18.1 Å². The molecule has 3 rings (SSSR count). The quantitative estimate of drug-likeness (QED) is 0.774. The number of ether oxygens (including phenoxy) is 1. The van der Waals surface area contributed by atoms with Gasteiger partial charge in [0.1, 0.15) is 5.78 Å². The van der Waals surface area contributed by atoms with Crippen LogP contribution in [0.25, 0.3) is 0 Å². The van der Waals surface area contributed by atoms with Crippen LogP contribution in [0.5, 0.6) is 0 Å². The molecule has 0 aromatic carbocycles. The van der Waals surface area contributed by atoms with Crippen LogP contribution in [0.1, 0.15) is 55.7 Å². The van der Waals surface area contributed by atoms with E-state index in [9.17, 15) is 9.59 Å². The fraction of sp³-hybridized carbons (Fsp3) is 0.526. The van der Waals surface area contributed by atoms with Gasteiger partial charge in [-0.1, -0.05) is 6.92 Å². The molecule has 1 aliphatic carbocycles. The van der Waals surface area contributed by atoms with Crippen LogP contribution in [-0.2, 0) is 20.7 Å². The van der Waals surface area contributed by atoms with Gasteiger partial charge in [-0.2, -0.15) is 0 Å². The molecular formula is C19H23NO3S. The number of rotatable bonds is 4. The zero-order chi connectivity index (χ0) is 17.3. The maximum atomic E-state index is 12.7. The highest BCUT2D eigenvalue weighted by atomic mass is 32.1. The molecule has 0 amide bonds. The van der Waals surface area contributed by atoms with Crippen LogP contribution in [0.15, 0.2) is 28.4 Å². The van der Waals surface area contributed by atoms with Crippen LogP contribution < -0.4 is 0 Å². The van der Waals surface area contributed by atoms with Crippen molar-refractivity contribution in [2.45, 2.75) is 52.4 Å². The summed E-state index contributed by atoms with van der Waals surface area (Å²) in [6.07, 6.45) is 3.22. The number of allylic oxidation sites excluding steroid dienone is 1. The number of hydrogen-bond acceptors (Lipinski definition) is 5. The summed E-state index contributed by atoms with van der Waals surface area (Å²) in [6.45, 7) is 6.09. The lowest BCUT2D eigenvalue weighted by Crippen LogP contribution is -2.38. The van der Waals surface area contributed by atoms with E-state index in [1.165, 1.54) is 4.88 Å². The molecule has 0 bridgehead atoms. The Morgan fingerprint density at radius 2 is 2.08 bits per heavy atom. The fourth-order valence-corrected chi connectivity index (χ4v) is 4.75. The lowest BCUT2D eigenvalue weighted by molar-refractivity contribution is -0.139. The fourth-order valence-electron chi connectivity index (χ4n) is 3.65. The molecule has 0 saturated heterocycles. The molecule has 1 aromatic rings. The first-order chi connectivity index (χ1) is 11.6. The lowest BCUT2D eigenvalue weighted by Gasteiger charge is -2.34. The highest BCUT2D eigenvalue weighted by Gasteiger charge is 2.44. The molecule has 4 nitrogen and oxygen atoms in total. The Labute approximate surface area is 146 Å². The van der Waals surface area contributed by atoms with E-state index in [1.54, 1.807) is 18.3 Å². The molecule has 2 heterocycles. The van der Waals surface area contributed by atoms with Gasteiger partial charge in [-0.05, 0) is 45.2 Å². The average Bonchev–Trinajstić information content (AvgIpc) is 3.02. The number of Topliss-reactive ketones (excluding diaryl/α,β-unsaturated/α-hetero) is 1. The number of thiophene rings is 1. The van der Waals surface area contributed by atoms with E-state index in [4.69, 9.17) is 4.74 Å². The third-order valence-corrected chi connectivity index (χ3v) is 6.05. The van der Waals surface area contributed by atoms with Crippen molar-refractivity contribution in [1.82, 2.24) is 0 Å². The van der Waals surface area contributed by atoms with E-state index in [0.717, 1.165) is 29.9 Å². The number of esters is 1. The van der Waals surface area contributed by atoms with Gasteiger partial charge in [0.2, 0.25) is 0 Å². The van der Waals surface area contributed by atoms with Crippen molar-refractivity contribution < 1.29 is 14.3 Å². The van der Waals surface area contributed by atoms with Gasteiger partial charge in [0.25, 0.3) is 0 Å². The summed E-state index contributed by atoms with van der Waals surface area (Å²) >= 11 is 1.69.